The van der Waals surface area contributed by atoms with E-state index in [2.05, 4.69) is 46.0 Å². The normalized spacial score (nSPS) is 12.0. The molecule has 314 valence electrons. The van der Waals surface area contributed by atoms with E-state index < -0.39 is 35.3 Å². The number of aliphatic hydroxyl groups excluding tert-OH is 1. The lowest BCUT2D eigenvalue weighted by molar-refractivity contribution is -0.141. The van der Waals surface area contributed by atoms with Gasteiger partial charge in [-0.15, -0.1) is 0 Å². The second kappa shape index (κ2) is 16.8. The van der Waals surface area contributed by atoms with E-state index in [1.165, 1.54) is 54.9 Å². The standard InChI is InChI=1S/C21H19F3N6O.C19H11F6N5/c1-13-26-16-4-2-3-5-17(16)30(13)20-28-18(25-10-11-31)12-19(29-20)27-15-8-6-14(7-9-15)21(22,23)24;20-18(21,22)11-4-6-12(7-5-11)27-14-8-9-26-17(28-14)15-13-3-1-2-10-30(13)29-16(15)19(23,24)25/h2-9,12,31H,10-11H2,1H3,(H2,25,27,28,29);1-10H,(H,26,27,28). The van der Waals surface area contributed by atoms with Crippen LogP contribution in [0.2, 0.25) is 0 Å². The van der Waals surface area contributed by atoms with Crippen molar-refractivity contribution in [1.82, 2.24) is 39.1 Å². The van der Waals surface area contributed by atoms with Gasteiger partial charge < -0.3 is 21.1 Å². The number of alkyl halides is 9. The number of aliphatic hydroxyl groups is 1. The van der Waals surface area contributed by atoms with Crippen molar-refractivity contribution in [3.8, 4) is 17.3 Å². The molecule has 0 radical (unpaired) electrons. The van der Waals surface area contributed by atoms with E-state index in [9.17, 15) is 39.5 Å². The average molecular weight is 852 g/mol. The number of hydrogen-bond donors (Lipinski definition) is 4. The molecule has 4 N–H and O–H groups in total. The van der Waals surface area contributed by atoms with Crippen LogP contribution in [0.1, 0.15) is 22.6 Å². The summed E-state index contributed by atoms with van der Waals surface area (Å²) in [7, 11) is 0. The van der Waals surface area contributed by atoms with Gasteiger partial charge in [-0.25, -0.2) is 19.5 Å². The van der Waals surface area contributed by atoms with Crippen molar-refractivity contribution in [2.24, 2.45) is 0 Å². The van der Waals surface area contributed by atoms with Crippen LogP contribution in [0.5, 0.6) is 0 Å². The molecule has 0 bridgehead atoms. The lowest BCUT2D eigenvalue weighted by atomic mass is 10.1. The fourth-order valence-electron chi connectivity index (χ4n) is 6.02. The highest BCUT2D eigenvalue weighted by Crippen LogP contribution is 2.38. The van der Waals surface area contributed by atoms with E-state index in [-0.39, 0.29) is 41.6 Å². The molecule has 5 aromatic heterocycles. The molecule has 3 aromatic carbocycles. The minimum Gasteiger partial charge on any atom is -0.395 e. The first-order valence-corrected chi connectivity index (χ1v) is 17.9. The number of aromatic nitrogens is 8. The Balaban J connectivity index is 0.000000184. The SMILES string of the molecule is Cc1nc2ccccc2n1-c1nc(NCCO)cc(Nc2ccc(C(F)(F)F)cc2)n1.FC(F)(F)c1ccc(Nc2ccnc(-c3c(C(F)(F)F)nn4ccccc34)n2)cc1. The van der Waals surface area contributed by atoms with Crippen molar-refractivity contribution in [1.29, 1.82) is 0 Å². The molecule has 0 spiro atoms. The molecular formula is C40H30F9N11O. The molecule has 61 heavy (non-hydrogen) atoms. The van der Waals surface area contributed by atoms with Crippen LogP contribution in [-0.4, -0.2) is 57.4 Å². The molecule has 8 rings (SSSR count). The number of nitrogens with zero attached hydrogens (tertiary/aromatic N) is 8. The Labute approximate surface area is 338 Å². The van der Waals surface area contributed by atoms with Gasteiger partial charge in [-0.05, 0) is 85.8 Å². The number of nitrogens with one attached hydrogen (secondary N) is 3. The third-order valence-electron chi connectivity index (χ3n) is 8.72. The molecule has 5 heterocycles. The monoisotopic (exact) mass is 851 g/mol. The molecule has 8 aromatic rings. The van der Waals surface area contributed by atoms with Gasteiger partial charge in [0.05, 0.1) is 39.8 Å². The molecule has 0 aliphatic carbocycles. The number of halogens is 9. The Morgan fingerprint density at radius 2 is 1.21 bits per heavy atom. The molecule has 0 unspecified atom stereocenters. The minimum atomic E-state index is -4.73. The number of benzene rings is 3. The van der Waals surface area contributed by atoms with E-state index in [0.29, 0.717) is 29.1 Å². The summed E-state index contributed by atoms with van der Waals surface area (Å²) >= 11 is 0. The van der Waals surface area contributed by atoms with Crippen molar-refractivity contribution in [2.45, 2.75) is 25.5 Å². The Bertz CT molecular complexity index is 2780. The van der Waals surface area contributed by atoms with E-state index in [0.717, 1.165) is 39.8 Å². The van der Waals surface area contributed by atoms with E-state index in [4.69, 9.17) is 5.11 Å². The number of fused-ring (bicyclic) bond motifs is 2. The molecule has 0 atom stereocenters. The van der Waals surface area contributed by atoms with E-state index in [1.54, 1.807) is 16.7 Å². The smallest absolute Gasteiger partial charge is 0.395 e. The highest BCUT2D eigenvalue weighted by molar-refractivity contribution is 5.80. The summed E-state index contributed by atoms with van der Waals surface area (Å²) in [5.41, 5.74) is -0.489. The van der Waals surface area contributed by atoms with Crippen molar-refractivity contribution in [2.75, 3.05) is 29.1 Å². The van der Waals surface area contributed by atoms with E-state index in [1.807, 2.05) is 31.2 Å². The quantitative estimate of drug-likeness (QED) is 0.104. The van der Waals surface area contributed by atoms with Gasteiger partial charge in [-0.2, -0.15) is 54.6 Å². The zero-order chi connectivity index (χ0) is 43.5. The van der Waals surface area contributed by atoms with Gasteiger partial charge >= 0.3 is 18.5 Å². The number of para-hydroxylation sites is 2. The molecule has 0 aliphatic heterocycles. The summed E-state index contributed by atoms with van der Waals surface area (Å²) in [6.45, 7) is 2.02. The van der Waals surface area contributed by atoms with Gasteiger partial charge in [0.25, 0.3) is 0 Å². The maximum atomic E-state index is 13.5. The van der Waals surface area contributed by atoms with Crippen LogP contribution in [0.25, 0.3) is 33.9 Å². The molecule has 0 saturated heterocycles. The summed E-state index contributed by atoms with van der Waals surface area (Å²) in [4.78, 5) is 21.6. The lowest BCUT2D eigenvalue weighted by Crippen LogP contribution is -2.11. The largest absolute Gasteiger partial charge is 0.435 e. The fraction of sp³-hybridized carbons (Fsp3) is 0.150. The van der Waals surface area contributed by atoms with Gasteiger partial charge in [0.15, 0.2) is 11.5 Å². The average Bonchev–Trinajstić information content (AvgIpc) is 3.78. The van der Waals surface area contributed by atoms with Gasteiger partial charge in [0.2, 0.25) is 5.95 Å². The summed E-state index contributed by atoms with van der Waals surface area (Å²) in [5.74, 6) is 1.74. The molecule has 0 aliphatic rings. The maximum absolute atomic E-state index is 13.5. The fourth-order valence-corrected chi connectivity index (χ4v) is 6.02. The van der Waals surface area contributed by atoms with Gasteiger partial charge in [-0.3, -0.25) is 4.57 Å². The number of anilines is 5. The zero-order valence-electron chi connectivity index (χ0n) is 31.3. The second-order valence-corrected chi connectivity index (χ2v) is 13.0. The lowest BCUT2D eigenvalue weighted by Gasteiger charge is -2.13. The zero-order valence-corrected chi connectivity index (χ0v) is 31.3. The predicted molar refractivity (Wildman–Crippen MR) is 208 cm³/mol. The molecule has 12 nitrogen and oxygen atoms in total. The number of imidazole rings is 1. The third kappa shape index (κ3) is 9.62. The molecule has 0 amide bonds. The molecule has 21 heteroatoms. The third-order valence-corrected chi connectivity index (χ3v) is 8.72. The van der Waals surface area contributed by atoms with Crippen LogP contribution >= 0.6 is 0 Å². The molecule has 0 saturated carbocycles. The first-order valence-electron chi connectivity index (χ1n) is 17.9. The molecular weight excluding hydrogens is 821 g/mol. The van der Waals surface area contributed by atoms with Gasteiger partial charge in [-0.1, -0.05) is 18.2 Å². The van der Waals surface area contributed by atoms with Crippen LogP contribution in [0.4, 0.5) is 68.3 Å². The van der Waals surface area contributed by atoms with Crippen LogP contribution in [0.3, 0.4) is 0 Å². The number of aryl methyl sites for hydroxylation is 1. The van der Waals surface area contributed by atoms with Gasteiger partial charge in [0, 0.05) is 36.4 Å². The topological polar surface area (TPSA) is 143 Å². The van der Waals surface area contributed by atoms with Crippen LogP contribution in [0, 0.1) is 6.92 Å². The summed E-state index contributed by atoms with van der Waals surface area (Å²) in [6, 6.07) is 23.9. The predicted octanol–water partition coefficient (Wildman–Crippen LogP) is 9.86. The summed E-state index contributed by atoms with van der Waals surface area (Å²) in [5, 5.41) is 21.5. The van der Waals surface area contributed by atoms with Crippen molar-refractivity contribution >= 4 is 45.4 Å². The Morgan fingerprint density at radius 3 is 1.84 bits per heavy atom. The highest BCUT2D eigenvalue weighted by atomic mass is 19.4. The molecule has 0 fully saturated rings. The van der Waals surface area contributed by atoms with Crippen LogP contribution in [-0.2, 0) is 18.5 Å². The first-order chi connectivity index (χ1) is 29.0. The van der Waals surface area contributed by atoms with Crippen LogP contribution in [0.15, 0.2) is 116 Å². The minimum absolute atomic E-state index is 0.0892. The van der Waals surface area contributed by atoms with E-state index >= 15 is 0 Å². The highest BCUT2D eigenvalue weighted by Gasteiger charge is 2.39. The number of hydrogen-bond acceptors (Lipinski definition) is 10. The Morgan fingerprint density at radius 1 is 0.623 bits per heavy atom. The van der Waals surface area contributed by atoms with Gasteiger partial charge in [0.1, 0.15) is 23.3 Å². The summed E-state index contributed by atoms with van der Waals surface area (Å²) in [6.07, 6.45) is -11.0. The Hall–Kier alpha value is -7.29. The number of pyridine rings is 1. The second-order valence-electron chi connectivity index (χ2n) is 13.0. The van der Waals surface area contributed by atoms with Crippen molar-refractivity contribution < 1.29 is 44.6 Å². The first kappa shape index (κ1) is 41.9. The van der Waals surface area contributed by atoms with Crippen molar-refractivity contribution in [3.63, 3.8) is 0 Å². The maximum Gasteiger partial charge on any atom is 0.435 e. The van der Waals surface area contributed by atoms with Crippen LogP contribution < -0.4 is 16.0 Å². The van der Waals surface area contributed by atoms with Crippen molar-refractivity contribution in [3.05, 3.63) is 138 Å². The summed E-state index contributed by atoms with van der Waals surface area (Å²) < 4.78 is 120. The number of rotatable bonds is 9. The Kier molecular flexibility index (Phi) is 11.5.